The minimum atomic E-state index is -0.475. The van der Waals surface area contributed by atoms with Gasteiger partial charge in [-0.2, -0.15) is 0 Å². The Hall–Kier alpha value is -6.32. The van der Waals surface area contributed by atoms with Gasteiger partial charge in [0.2, 0.25) is 5.91 Å². The molecule has 0 aliphatic heterocycles. The smallest absolute Gasteiger partial charge is 0.272 e. The van der Waals surface area contributed by atoms with Gasteiger partial charge >= 0.3 is 0 Å². The molecule has 0 aliphatic rings. The van der Waals surface area contributed by atoms with Crippen molar-refractivity contribution < 1.29 is 24.0 Å². The van der Waals surface area contributed by atoms with Gasteiger partial charge in [0.1, 0.15) is 22.8 Å². The summed E-state index contributed by atoms with van der Waals surface area (Å²) in [6, 6.07) is 6.06. The first-order chi connectivity index (χ1) is 21.7. The molecule has 4 aromatic rings. The van der Waals surface area contributed by atoms with Gasteiger partial charge in [-0.15, -0.1) is 0 Å². The SMILES string of the molecule is C=CC(=O)Nc1cc(C(=O)Nc2cc(C(=O)Nc3cc(C(=O)Nc4cc(C(=O)NCCC(=N)N)n(C)c4)n(C)c3)n(C)c2)n(C)c1. The Bertz CT molecular complexity index is 1870. The first kappa shape index (κ1) is 32.6. The number of hydrogen-bond acceptors (Lipinski definition) is 6. The lowest BCUT2D eigenvalue weighted by molar-refractivity contribution is -0.111. The Balaban J connectivity index is 1.39. The zero-order valence-corrected chi connectivity index (χ0v) is 25.7. The Kier molecular flexibility index (Phi) is 9.59. The van der Waals surface area contributed by atoms with E-state index in [0.29, 0.717) is 28.4 Å². The maximum absolute atomic E-state index is 13.1. The molecule has 46 heavy (non-hydrogen) atoms. The Morgan fingerprint density at radius 3 is 1.30 bits per heavy atom. The van der Waals surface area contributed by atoms with Crippen molar-refractivity contribution in [2.24, 2.45) is 33.9 Å². The second-order valence-electron chi connectivity index (χ2n) is 10.5. The van der Waals surface area contributed by atoms with Crippen molar-refractivity contribution >= 4 is 58.1 Å². The molecule has 8 N–H and O–H groups in total. The molecular formula is C30H35N11O5. The van der Waals surface area contributed by atoms with Crippen LogP contribution in [0.1, 0.15) is 48.4 Å². The molecule has 0 unspecified atom stereocenters. The number of amides is 5. The Morgan fingerprint density at radius 2 is 0.978 bits per heavy atom. The molecule has 0 spiro atoms. The average molecular weight is 630 g/mol. The van der Waals surface area contributed by atoms with Crippen LogP contribution in [-0.2, 0) is 33.0 Å². The summed E-state index contributed by atoms with van der Waals surface area (Å²) in [4.78, 5) is 63.1. The van der Waals surface area contributed by atoms with E-state index < -0.39 is 23.6 Å². The zero-order valence-electron chi connectivity index (χ0n) is 25.7. The molecule has 4 heterocycles. The predicted octanol–water partition coefficient (Wildman–Crippen LogP) is 1.98. The van der Waals surface area contributed by atoms with Crippen LogP contribution in [0.5, 0.6) is 0 Å². The third-order valence-electron chi connectivity index (χ3n) is 6.86. The van der Waals surface area contributed by atoms with E-state index in [1.807, 2.05) is 0 Å². The monoisotopic (exact) mass is 629 g/mol. The van der Waals surface area contributed by atoms with Crippen molar-refractivity contribution in [1.29, 1.82) is 5.41 Å². The summed E-state index contributed by atoms with van der Waals surface area (Å²) in [6.07, 6.45) is 7.69. The highest BCUT2D eigenvalue weighted by Crippen LogP contribution is 2.21. The lowest BCUT2D eigenvalue weighted by atomic mass is 10.3. The number of aromatic nitrogens is 4. The molecule has 16 nitrogen and oxygen atoms in total. The van der Waals surface area contributed by atoms with E-state index >= 15 is 0 Å². The first-order valence-corrected chi connectivity index (χ1v) is 13.9. The van der Waals surface area contributed by atoms with E-state index in [-0.39, 0.29) is 41.8 Å². The summed E-state index contributed by atoms with van der Waals surface area (Å²) in [5.41, 5.74) is 7.96. The van der Waals surface area contributed by atoms with Gasteiger partial charge in [-0.25, -0.2) is 0 Å². The topological polar surface area (TPSA) is 215 Å². The summed E-state index contributed by atoms with van der Waals surface area (Å²) < 4.78 is 6.21. The van der Waals surface area contributed by atoms with Gasteiger partial charge in [0.15, 0.2) is 0 Å². The van der Waals surface area contributed by atoms with E-state index in [0.717, 1.165) is 6.08 Å². The van der Waals surface area contributed by atoms with Gasteiger partial charge in [0.25, 0.3) is 23.6 Å². The number of carbonyl (C=O) groups excluding carboxylic acids is 5. The summed E-state index contributed by atoms with van der Waals surface area (Å²) in [7, 11) is 6.62. The maximum atomic E-state index is 13.1. The molecule has 0 radical (unpaired) electrons. The Morgan fingerprint density at radius 1 is 0.652 bits per heavy atom. The van der Waals surface area contributed by atoms with Crippen LogP contribution in [0, 0.1) is 5.41 Å². The zero-order chi connectivity index (χ0) is 33.7. The van der Waals surface area contributed by atoms with E-state index in [1.54, 1.807) is 71.2 Å². The van der Waals surface area contributed by atoms with E-state index in [2.05, 4.69) is 33.2 Å². The molecule has 16 heteroatoms. The maximum Gasteiger partial charge on any atom is 0.272 e. The second-order valence-corrected chi connectivity index (χ2v) is 10.5. The fourth-order valence-corrected chi connectivity index (χ4v) is 4.61. The van der Waals surface area contributed by atoms with Crippen LogP contribution in [0.25, 0.3) is 0 Å². The number of nitrogens with two attached hydrogens (primary N) is 1. The van der Waals surface area contributed by atoms with Crippen LogP contribution in [0.15, 0.2) is 61.7 Å². The highest BCUT2D eigenvalue weighted by Gasteiger charge is 2.20. The van der Waals surface area contributed by atoms with Gasteiger partial charge < -0.3 is 50.6 Å². The van der Waals surface area contributed by atoms with Gasteiger partial charge in [-0.1, -0.05) is 6.58 Å². The number of aryl methyl sites for hydroxylation is 4. The molecule has 240 valence electrons. The first-order valence-electron chi connectivity index (χ1n) is 13.9. The van der Waals surface area contributed by atoms with Crippen LogP contribution < -0.4 is 32.3 Å². The number of rotatable bonds is 12. The molecule has 0 saturated carbocycles. The van der Waals surface area contributed by atoms with Crippen molar-refractivity contribution in [1.82, 2.24) is 23.6 Å². The molecule has 0 atom stereocenters. The number of anilines is 4. The third-order valence-corrected chi connectivity index (χ3v) is 6.86. The molecule has 4 rings (SSSR count). The second kappa shape index (κ2) is 13.5. The number of nitrogens with one attached hydrogen (secondary N) is 6. The number of hydrogen-bond donors (Lipinski definition) is 7. The molecule has 4 aromatic heterocycles. The molecule has 0 bridgehead atoms. The standard InChI is InChI=1S/C30H35N11O5/c1-6-26(42)34-17-9-22(39(3)13-17)28(44)36-19-11-24(41(5)15-19)30(46)37-20-12-23(40(4)16-20)29(45)35-18-10-21(38(2)14-18)27(43)33-8-7-25(31)32/h6,9-16H,1,7-8H2,2-5H3,(H3,31,32)(H,33,43)(H,34,42)(H,35,45)(H,36,44)(H,37,46). The average Bonchev–Trinajstić information content (AvgIpc) is 3.73. The fourth-order valence-electron chi connectivity index (χ4n) is 4.61. The van der Waals surface area contributed by atoms with Crippen molar-refractivity contribution in [3.8, 4) is 0 Å². The van der Waals surface area contributed by atoms with Crippen LogP contribution >= 0.6 is 0 Å². The van der Waals surface area contributed by atoms with Crippen LogP contribution in [-0.4, -0.2) is 60.2 Å². The van der Waals surface area contributed by atoms with Gasteiger partial charge in [0, 0.05) is 65.9 Å². The molecule has 0 aromatic carbocycles. The number of carbonyl (C=O) groups is 5. The normalized spacial score (nSPS) is 10.6. The van der Waals surface area contributed by atoms with Crippen LogP contribution in [0.4, 0.5) is 22.7 Å². The number of amidine groups is 1. The quantitative estimate of drug-likeness (QED) is 0.0706. The van der Waals surface area contributed by atoms with Crippen LogP contribution in [0.2, 0.25) is 0 Å². The highest BCUT2D eigenvalue weighted by molar-refractivity contribution is 6.09. The minimum absolute atomic E-state index is 0.0352. The third kappa shape index (κ3) is 7.60. The predicted molar refractivity (Wildman–Crippen MR) is 173 cm³/mol. The summed E-state index contributed by atoms with van der Waals surface area (Å²) in [5, 5.41) is 20.8. The van der Waals surface area contributed by atoms with E-state index in [9.17, 15) is 24.0 Å². The fraction of sp³-hybridized carbons (Fsp3) is 0.200. The molecule has 0 aliphatic carbocycles. The molecule has 0 saturated heterocycles. The molecular weight excluding hydrogens is 594 g/mol. The van der Waals surface area contributed by atoms with Crippen molar-refractivity contribution in [3.05, 3.63) is 84.5 Å². The number of nitrogens with zero attached hydrogens (tertiary/aromatic N) is 4. The highest BCUT2D eigenvalue weighted by atomic mass is 16.2. The minimum Gasteiger partial charge on any atom is -0.388 e. The van der Waals surface area contributed by atoms with Gasteiger partial charge in [-0.05, 0) is 30.3 Å². The Labute approximate surface area is 263 Å². The van der Waals surface area contributed by atoms with E-state index in [1.165, 1.54) is 24.3 Å². The lowest BCUT2D eigenvalue weighted by Crippen LogP contribution is -2.28. The lowest BCUT2D eigenvalue weighted by Gasteiger charge is -2.04. The van der Waals surface area contributed by atoms with E-state index in [4.69, 9.17) is 11.1 Å². The largest absolute Gasteiger partial charge is 0.388 e. The summed E-state index contributed by atoms with van der Waals surface area (Å²) in [5.74, 6) is -2.20. The van der Waals surface area contributed by atoms with Crippen molar-refractivity contribution in [2.45, 2.75) is 6.42 Å². The van der Waals surface area contributed by atoms with Gasteiger partial charge in [-0.3, -0.25) is 29.4 Å². The van der Waals surface area contributed by atoms with Crippen molar-refractivity contribution in [3.63, 3.8) is 0 Å². The summed E-state index contributed by atoms with van der Waals surface area (Å²) >= 11 is 0. The van der Waals surface area contributed by atoms with Crippen LogP contribution in [0.3, 0.4) is 0 Å². The summed E-state index contributed by atoms with van der Waals surface area (Å²) in [6.45, 7) is 3.62. The van der Waals surface area contributed by atoms with Crippen molar-refractivity contribution in [2.75, 3.05) is 27.8 Å². The molecule has 5 amide bonds. The van der Waals surface area contributed by atoms with Gasteiger partial charge in [0.05, 0.1) is 28.6 Å². The molecule has 0 fully saturated rings.